The minimum atomic E-state index is 0.169. The third kappa shape index (κ3) is 3.29. The van der Waals surface area contributed by atoms with Crippen molar-refractivity contribution in [3.05, 3.63) is 47.9 Å². The van der Waals surface area contributed by atoms with Gasteiger partial charge in [-0.3, -0.25) is 14.6 Å². The minimum absolute atomic E-state index is 0.169. The van der Waals surface area contributed by atoms with Crippen LogP contribution in [0.25, 0.3) is 10.9 Å². The number of likely N-dealkylation sites (tertiary alicyclic amines) is 1. The van der Waals surface area contributed by atoms with Crippen molar-refractivity contribution in [3.8, 4) is 0 Å². The van der Waals surface area contributed by atoms with E-state index in [0.717, 1.165) is 48.1 Å². The largest absolute Gasteiger partial charge is 0.338 e. The molecular weight excluding hydrogens is 314 g/mol. The molecule has 0 radical (unpaired) electrons. The zero-order chi connectivity index (χ0) is 17.2. The molecule has 6 heteroatoms. The van der Waals surface area contributed by atoms with Crippen LogP contribution in [0.5, 0.6) is 0 Å². The van der Waals surface area contributed by atoms with Crippen molar-refractivity contribution >= 4 is 16.8 Å². The van der Waals surface area contributed by atoms with Crippen molar-refractivity contribution in [2.24, 2.45) is 0 Å². The van der Waals surface area contributed by atoms with E-state index in [0.29, 0.717) is 6.42 Å². The Morgan fingerprint density at radius 3 is 3.04 bits per heavy atom. The van der Waals surface area contributed by atoms with Crippen LogP contribution in [0.3, 0.4) is 0 Å². The van der Waals surface area contributed by atoms with Crippen LogP contribution in [0, 0.1) is 6.92 Å². The maximum Gasteiger partial charge on any atom is 0.228 e. The molecule has 1 N–H and O–H groups in total. The second kappa shape index (κ2) is 6.70. The first kappa shape index (κ1) is 15.9. The number of carbonyl (C=O) groups excluding carboxylic acids is 1. The third-order valence-corrected chi connectivity index (χ3v) is 4.98. The maximum absolute atomic E-state index is 13.0. The van der Waals surface area contributed by atoms with E-state index in [9.17, 15) is 4.79 Å². The molecule has 0 aliphatic carbocycles. The topological polar surface area (TPSA) is 66.8 Å². The lowest BCUT2D eigenvalue weighted by Crippen LogP contribution is -2.46. The molecule has 1 aromatic carbocycles. The molecule has 1 aliphatic rings. The smallest absolute Gasteiger partial charge is 0.228 e. The molecule has 6 nitrogen and oxygen atoms in total. The van der Waals surface area contributed by atoms with E-state index in [1.54, 1.807) is 0 Å². The second-order valence-electron chi connectivity index (χ2n) is 6.87. The van der Waals surface area contributed by atoms with Gasteiger partial charge in [0.2, 0.25) is 5.91 Å². The van der Waals surface area contributed by atoms with Crippen molar-refractivity contribution in [2.45, 2.75) is 45.2 Å². The number of nitrogens with one attached hydrogen (secondary N) is 1. The summed E-state index contributed by atoms with van der Waals surface area (Å²) >= 11 is 0. The molecular formula is C19H23N5O. The Morgan fingerprint density at radius 1 is 1.32 bits per heavy atom. The van der Waals surface area contributed by atoms with Crippen molar-refractivity contribution in [3.63, 3.8) is 0 Å². The van der Waals surface area contributed by atoms with Gasteiger partial charge in [-0.25, -0.2) is 0 Å². The van der Waals surface area contributed by atoms with Crippen LogP contribution in [-0.2, 0) is 17.8 Å². The van der Waals surface area contributed by atoms with Crippen LogP contribution in [0.4, 0.5) is 0 Å². The molecule has 1 atom stereocenters. The number of aromatic nitrogens is 4. The fourth-order valence-corrected chi connectivity index (χ4v) is 3.70. The second-order valence-corrected chi connectivity index (χ2v) is 6.87. The Labute approximate surface area is 146 Å². The number of nitrogens with zero attached hydrogens (tertiary/aromatic N) is 4. The predicted molar refractivity (Wildman–Crippen MR) is 96.1 cm³/mol. The summed E-state index contributed by atoms with van der Waals surface area (Å²) in [6.07, 6.45) is 7.56. The summed E-state index contributed by atoms with van der Waals surface area (Å²) in [5.74, 6) is 0.169. The van der Waals surface area contributed by atoms with Crippen LogP contribution in [0.15, 0.2) is 36.7 Å². The molecule has 2 aromatic heterocycles. The molecule has 130 valence electrons. The Morgan fingerprint density at radius 2 is 2.20 bits per heavy atom. The summed E-state index contributed by atoms with van der Waals surface area (Å²) in [5.41, 5.74) is 2.96. The fourth-order valence-electron chi connectivity index (χ4n) is 3.70. The lowest BCUT2D eigenvalue weighted by atomic mass is 10.0. The van der Waals surface area contributed by atoms with E-state index in [2.05, 4.69) is 15.3 Å². The first-order valence-electron chi connectivity index (χ1n) is 8.91. The number of carbonyl (C=O) groups is 1. The number of aromatic amines is 1. The number of amides is 1. The number of hydrogen-bond donors (Lipinski definition) is 1. The van der Waals surface area contributed by atoms with E-state index in [1.165, 1.54) is 6.42 Å². The van der Waals surface area contributed by atoms with Gasteiger partial charge in [-0.1, -0.05) is 18.2 Å². The SMILES string of the molecule is Cc1cnn(CC2CCCCN2C(=O)Cc2[nH]nc3ccccc23)c1. The Kier molecular flexibility index (Phi) is 4.26. The van der Waals surface area contributed by atoms with Gasteiger partial charge in [0, 0.05) is 18.1 Å². The molecule has 1 fully saturated rings. The van der Waals surface area contributed by atoms with E-state index in [4.69, 9.17) is 0 Å². The van der Waals surface area contributed by atoms with Gasteiger partial charge in [-0.2, -0.15) is 10.2 Å². The summed E-state index contributed by atoms with van der Waals surface area (Å²) in [5, 5.41) is 12.8. The maximum atomic E-state index is 13.0. The zero-order valence-corrected chi connectivity index (χ0v) is 14.5. The highest BCUT2D eigenvalue weighted by molar-refractivity contribution is 5.87. The highest BCUT2D eigenvalue weighted by Crippen LogP contribution is 2.21. The van der Waals surface area contributed by atoms with Gasteiger partial charge in [0.25, 0.3) is 0 Å². The number of hydrogen-bond acceptors (Lipinski definition) is 3. The van der Waals surface area contributed by atoms with Crippen LogP contribution in [0.2, 0.25) is 0 Å². The molecule has 0 bridgehead atoms. The van der Waals surface area contributed by atoms with Gasteiger partial charge in [0.15, 0.2) is 0 Å². The number of para-hydroxylation sites is 1. The van der Waals surface area contributed by atoms with Crippen LogP contribution >= 0.6 is 0 Å². The van der Waals surface area contributed by atoms with Crippen LogP contribution in [0.1, 0.15) is 30.5 Å². The quantitative estimate of drug-likeness (QED) is 0.796. The zero-order valence-electron chi connectivity index (χ0n) is 14.5. The van der Waals surface area contributed by atoms with E-state index in [-0.39, 0.29) is 11.9 Å². The Bertz CT molecular complexity index is 881. The molecule has 1 unspecified atom stereocenters. The normalized spacial score (nSPS) is 18.0. The summed E-state index contributed by atoms with van der Waals surface area (Å²) in [4.78, 5) is 15.0. The molecule has 1 aliphatic heterocycles. The van der Waals surface area contributed by atoms with Gasteiger partial charge in [0.05, 0.1) is 36.4 Å². The number of rotatable bonds is 4. The van der Waals surface area contributed by atoms with Crippen molar-refractivity contribution in [1.82, 2.24) is 24.9 Å². The molecule has 1 amide bonds. The van der Waals surface area contributed by atoms with Crippen molar-refractivity contribution in [2.75, 3.05) is 6.54 Å². The predicted octanol–water partition coefficient (Wildman–Crippen LogP) is 2.69. The van der Waals surface area contributed by atoms with Gasteiger partial charge >= 0.3 is 0 Å². The van der Waals surface area contributed by atoms with E-state index < -0.39 is 0 Å². The van der Waals surface area contributed by atoms with Crippen molar-refractivity contribution in [1.29, 1.82) is 0 Å². The Hall–Kier alpha value is -2.63. The van der Waals surface area contributed by atoms with Gasteiger partial charge in [-0.05, 0) is 37.8 Å². The average Bonchev–Trinajstić information content (AvgIpc) is 3.22. The lowest BCUT2D eigenvalue weighted by molar-refractivity contribution is -0.134. The van der Waals surface area contributed by atoms with Gasteiger partial charge < -0.3 is 4.90 Å². The molecule has 0 saturated carbocycles. The number of H-pyrrole nitrogens is 1. The third-order valence-electron chi connectivity index (χ3n) is 4.98. The van der Waals surface area contributed by atoms with Crippen molar-refractivity contribution < 1.29 is 4.79 Å². The Balaban J connectivity index is 1.50. The molecule has 25 heavy (non-hydrogen) atoms. The first-order valence-corrected chi connectivity index (χ1v) is 8.91. The highest BCUT2D eigenvalue weighted by Gasteiger charge is 2.27. The average molecular weight is 337 g/mol. The molecule has 1 saturated heterocycles. The number of aryl methyl sites for hydroxylation is 1. The van der Waals surface area contributed by atoms with Gasteiger partial charge in [-0.15, -0.1) is 0 Å². The highest BCUT2D eigenvalue weighted by atomic mass is 16.2. The standard InChI is InChI=1S/C19H23N5O/c1-14-11-20-23(12-14)13-15-6-4-5-9-24(15)19(25)10-18-16-7-2-3-8-17(16)21-22-18/h2-3,7-8,11-12,15H,4-6,9-10,13H2,1H3,(H,21,22). The van der Waals surface area contributed by atoms with E-state index in [1.807, 2.05) is 53.2 Å². The number of fused-ring (bicyclic) bond motifs is 1. The lowest BCUT2D eigenvalue weighted by Gasteiger charge is -2.35. The van der Waals surface area contributed by atoms with Crippen LogP contribution < -0.4 is 0 Å². The summed E-state index contributed by atoms with van der Waals surface area (Å²) in [6.45, 7) is 3.63. The van der Waals surface area contributed by atoms with Gasteiger partial charge in [0.1, 0.15) is 0 Å². The van der Waals surface area contributed by atoms with Crippen LogP contribution in [-0.4, -0.2) is 43.4 Å². The van der Waals surface area contributed by atoms with E-state index >= 15 is 0 Å². The summed E-state index contributed by atoms with van der Waals surface area (Å²) in [7, 11) is 0. The summed E-state index contributed by atoms with van der Waals surface area (Å²) < 4.78 is 1.96. The molecule has 0 spiro atoms. The molecule has 3 aromatic rings. The summed E-state index contributed by atoms with van der Waals surface area (Å²) in [6, 6.07) is 8.14. The number of piperidine rings is 1. The molecule has 3 heterocycles. The fraction of sp³-hybridized carbons (Fsp3) is 0.421. The molecule has 4 rings (SSSR count). The number of benzene rings is 1. The first-order chi connectivity index (χ1) is 12.2. The minimum Gasteiger partial charge on any atom is -0.338 e. The monoisotopic (exact) mass is 337 g/mol.